The van der Waals surface area contributed by atoms with E-state index in [0.29, 0.717) is 35.5 Å². The third-order valence-corrected chi connectivity index (χ3v) is 4.58. The maximum Gasteiger partial charge on any atom is 0.490 e. The van der Waals surface area contributed by atoms with Gasteiger partial charge >= 0.3 is 12.1 Å². The molecule has 1 amide bonds. The number of halogens is 4. The number of carboxylic acid groups (broad SMARTS) is 1. The first-order valence-corrected chi connectivity index (χ1v) is 9.20. The van der Waals surface area contributed by atoms with E-state index in [1.165, 1.54) is 6.20 Å². The second kappa shape index (κ2) is 9.08. The van der Waals surface area contributed by atoms with Crippen molar-refractivity contribution in [2.45, 2.75) is 12.6 Å². The van der Waals surface area contributed by atoms with Gasteiger partial charge in [-0.1, -0.05) is 0 Å². The highest BCUT2D eigenvalue weighted by atomic mass is 19.4. The number of aromatic nitrogens is 2. The number of rotatable bonds is 3. The molecule has 1 aromatic carbocycles. The number of carboxylic acids is 1. The lowest BCUT2D eigenvalue weighted by Crippen LogP contribution is -2.31. The van der Waals surface area contributed by atoms with Crippen LogP contribution in [0.1, 0.15) is 16.1 Å². The van der Waals surface area contributed by atoms with Crippen molar-refractivity contribution >= 4 is 11.9 Å². The molecule has 11 heteroatoms. The summed E-state index contributed by atoms with van der Waals surface area (Å²) in [4.78, 5) is 28.2. The van der Waals surface area contributed by atoms with Crippen LogP contribution < -0.4 is 10.1 Å². The lowest BCUT2D eigenvalue weighted by Gasteiger charge is -2.11. The average molecular weight is 451 g/mol. The van der Waals surface area contributed by atoms with Crippen LogP contribution in [-0.4, -0.2) is 46.8 Å². The van der Waals surface area contributed by atoms with E-state index in [-0.39, 0.29) is 5.91 Å². The summed E-state index contributed by atoms with van der Waals surface area (Å²) in [6.07, 6.45) is -3.17. The van der Waals surface area contributed by atoms with E-state index < -0.39 is 18.0 Å². The fourth-order valence-corrected chi connectivity index (χ4v) is 3.00. The number of carbonyl (C=O) groups is 2. The minimum absolute atomic E-state index is 0.131. The number of hydrogen-bond donors (Lipinski definition) is 3. The molecule has 7 nitrogen and oxygen atoms in total. The van der Waals surface area contributed by atoms with Gasteiger partial charge in [-0.15, -0.1) is 0 Å². The van der Waals surface area contributed by atoms with Crippen LogP contribution in [0, 0.1) is 5.82 Å². The number of ether oxygens (including phenoxy) is 1. The van der Waals surface area contributed by atoms with Crippen LogP contribution in [-0.2, 0) is 11.2 Å². The van der Waals surface area contributed by atoms with Crippen LogP contribution in [0.4, 0.5) is 17.6 Å². The van der Waals surface area contributed by atoms with Crippen molar-refractivity contribution in [3.63, 3.8) is 0 Å². The van der Waals surface area contributed by atoms with E-state index in [1.807, 2.05) is 24.3 Å². The predicted octanol–water partition coefficient (Wildman–Crippen LogP) is 3.81. The number of H-pyrrole nitrogens is 1. The highest BCUT2D eigenvalue weighted by molar-refractivity contribution is 5.97. The smallest absolute Gasteiger partial charge is 0.490 e. The molecule has 3 N–H and O–H groups in total. The monoisotopic (exact) mass is 451 g/mol. The van der Waals surface area contributed by atoms with Gasteiger partial charge in [0.1, 0.15) is 5.75 Å². The molecule has 0 bridgehead atoms. The molecule has 2 aromatic heterocycles. The molecular formula is C21H17F4N3O4. The van der Waals surface area contributed by atoms with Crippen molar-refractivity contribution in [1.29, 1.82) is 0 Å². The van der Waals surface area contributed by atoms with Crippen LogP contribution in [0.2, 0.25) is 0 Å². The maximum atomic E-state index is 14.3. The molecule has 3 aromatic rings. The molecular weight excluding hydrogens is 434 g/mol. The van der Waals surface area contributed by atoms with Crippen molar-refractivity contribution in [2.24, 2.45) is 0 Å². The number of aliphatic carboxylic acids is 1. The summed E-state index contributed by atoms with van der Waals surface area (Å²) in [5.74, 6) is -2.58. The molecule has 0 unspecified atom stereocenters. The Morgan fingerprint density at radius 2 is 1.81 bits per heavy atom. The number of hydrogen-bond acceptors (Lipinski definition) is 4. The van der Waals surface area contributed by atoms with Crippen molar-refractivity contribution in [3.8, 4) is 28.3 Å². The molecule has 0 aliphatic carbocycles. The molecule has 4 rings (SSSR count). The number of benzene rings is 1. The second-order valence-electron chi connectivity index (χ2n) is 6.66. The van der Waals surface area contributed by atoms with Gasteiger partial charge in [0.25, 0.3) is 5.91 Å². The largest absolute Gasteiger partial charge is 0.497 e. The van der Waals surface area contributed by atoms with E-state index in [0.717, 1.165) is 17.0 Å². The second-order valence-corrected chi connectivity index (χ2v) is 6.66. The van der Waals surface area contributed by atoms with Gasteiger partial charge in [0, 0.05) is 35.5 Å². The lowest BCUT2D eigenvalue weighted by atomic mass is 10.1. The Morgan fingerprint density at radius 1 is 1.16 bits per heavy atom. The number of methoxy groups -OCH3 is 1. The Labute approximate surface area is 179 Å². The molecule has 0 atom stereocenters. The molecule has 0 saturated heterocycles. The third-order valence-electron chi connectivity index (χ3n) is 4.58. The molecule has 0 saturated carbocycles. The molecule has 0 fully saturated rings. The number of fused-ring (bicyclic) bond motifs is 1. The SMILES string of the molecule is COc1ccc(-c2cc(-c3cc4c([nH]3)CCNC4=O)c(F)cn2)cc1.O=C(O)C(F)(F)F. The standard InChI is InChI=1S/C19H16FN3O2.C2HF3O2/c1-25-12-4-2-11(3-5-12)17-8-13(15(20)10-22-17)18-9-14-16(23-18)6-7-21-19(14)24;3-2(4,5)1(6)7/h2-5,8-10,23H,6-7H2,1H3,(H,21,24);(H,6,7). The normalized spacial score (nSPS) is 12.8. The minimum atomic E-state index is -5.08. The Hall–Kier alpha value is -3.89. The fourth-order valence-electron chi connectivity index (χ4n) is 3.00. The third kappa shape index (κ3) is 5.05. The first kappa shape index (κ1) is 22.8. The molecule has 1 aliphatic rings. The Bertz CT molecular complexity index is 1140. The van der Waals surface area contributed by atoms with Crippen molar-refractivity contribution in [3.05, 3.63) is 59.7 Å². The van der Waals surface area contributed by atoms with Crippen molar-refractivity contribution in [1.82, 2.24) is 15.3 Å². The summed E-state index contributed by atoms with van der Waals surface area (Å²) in [6.45, 7) is 0.585. The number of aromatic amines is 1. The van der Waals surface area contributed by atoms with Gasteiger partial charge in [-0.2, -0.15) is 13.2 Å². The van der Waals surface area contributed by atoms with Gasteiger partial charge < -0.3 is 20.1 Å². The number of alkyl halides is 3. The van der Waals surface area contributed by atoms with Gasteiger partial charge in [0.05, 0.1) is 24.6 Å². The van der Waals surface area contributed by atoms with Crippen LogP contribution in [0.25, 0.3) is 22.5 Å². The predicted molar refractivity (Wildman–Crippen MR) is 106 cm³/mol. The zero-order valence-corrected chi connectivity index (χ0v) is 16.6. The summed E-state index contributed by atoms with van der Waals surface area (Å²) in [5, 5.41) is 9.91. The van der Waals surface area contributed by atoms with E-state index in [4.69, 9.17) is 14.6 Å². The van der Waals surface area contributed by atoms with Gasteiger partial charge in [-0.3, -0.25) is 9.78 Å². The first-order valence-electron chi connectivity index (χ1n) is 9.20. The number of amides is 1. The van der Waals surface area contributed by atoms with Crippen molar-refractivity contribution in [2.75, 3.05) is 13.7 Å². The molecule has 0 radical (unpaired) electrons. The van der Waals surface area contributed by atoms with Gasteiger partial charge in [0.15, 0.2) is 5.82 Å². The Kier molecular flexibility index (Phi) is 6.47. The number of pyridine rings is 1. The Morgan fingerprint density at radius 3 is 2.38 bits per heavy atom. The number of nitrogens with zero attached hydrogens (tertiary/aromatic N) is 1. The van der Waals surface area contributed by atoms with Gasteiger partial charge in [0.2, 0.25) is 0 Å². The van der Waals surface area contributed by atoms with Crippen molar-refractivity contribution < 1.29 is 37.0 Å². The zero-order valence-electron chi connectivity index (χ0n) is 16.6. The number of nitrogens with one attached hydrogen (secondary N) is 2. The molecule has 168 valence electrons. The fraction of sp³-hybridized carbons (Fsp3) is 0.190. The quantitative estimate of drug-likeness (QED) is 0.526. The van der Waals surface area contributed by atoms with Crippen LogP contribution in [0.5, 0.6) is 5.75 Å². The van der Waals surface area contributed by atoms with Crippen LogP contribution in [0.15, 0.2) is 42.6 Å². The summed E-state index contributed by atoms with van der Waals surface area (Å²) in [6, 6.07) is 10.8. The highest BCUT2D eigenvalue weighted by Crippen LogP contribution is 2.29. The average Bonchev–Trinajstić information content (AvgIpc) is 3.19. The van der Waals surface area contributed by atoms with Crippen LogP contribution in [0.3, 0.4) is 0 Å². The molecule has 1 aliphatic heterocycles. The zero-order chi connectivity index (χ0) is 23.5. The molecule has 32 heavy (non-hydrogen) atoms. The summed E-state index contributed by atoms with van der Waals surface area (Å²) in [5.41, 5.74) is 3.89. The van der Waals surface area contributed by atoms with E-state index >= 15 is 0 Å². The van der Waals surface area contributed by atoms with Gasteiger partial charge in [-0.05, 0) is 36.4 Å². The minimum Gasteiger partial charge on any atom is -0.497 e. The molecule has 3 heterocycles. The molecule has 0 spiro atoms. The maximum absolute atomic E-state index is 14.3. The summed E-state index contributed by atoms with van der Waals surface area (Å²) in [7, 11) is 1.60. The van der Waals surface area contributed by atoms with E-state index in [2.05, 4.69) is 15.3 Å². The Balaban J connectivity index is 0.000000360. The summed E-state index contributed by atoms with van der Waals surface area (Å²) >= 11 is 0. The lowest BCUT2D eigenvalue weighted by molar-refractivity contribution is -0.192. The van der Waals surface area contributed by atoms with E-state index in [9.17, 15) is 22.4 Å². The highest BCUT2D eigenvalue weighted by Gasteiger charge is 2.38. The summed E-state index contributed by atoms with van der Waals surface area (Å²) < 4.78 is 51.2. The number of carbonyl (C=O) groups excluding carboxylic acids is 1. The van der Waals surface area contributed by atoms with Crippen LogP contribution >= 0.6 is 0 Å². The first-order chi connectivity index (χ1) is 15.1. The topological polar surface area (TPSA) is 104 Å². The van der Waals surface area contributed by atoms with E-state index in [1.54, 1.807) is 19.2 Å². The van der Waals surface area contributed by atoms with Gasteiger partial charge in [-0.25, -0.2) is 9.18 Å².